The van der Waals surface area contributed by atoms with Crippen LogP contribution in [-0.2, 0) is 6.42 Å². The number of nitrogens with zero attached hydrogens (tertiary/aromatic N) is 3. The molecule has 0 saturated heterocycles. The third kappa shape index (κ3) is 3.08. The van der Waals surface area contributed by atoms with Gasteiger partial charge in [-0.2, -0.15) is 0 Å². The van der Waals surface area contributed by atoms with Crippen LogP contribution in [0.5, 0.6) is 0 Å². The SMILES string of the molecule is CCCCc1cc([N+](=O)[O-])cc(N=O)n1. The van der Waals surface area contributed by atoms with Gasteiger partial charge in [0, 0.05) is 11.8 Å². The quantitative estimate of drug-likeness (QED) is 0.424. The van der Waals surface area contributed by atoms with Crippen molar-refractivity contribution in [1.82, 2.24) is 4.98 Å². The Balaban J connectivity index is 3.00. The first-order valence-corrected chi connectivity index (χ1v) is 4.66. The van der Waals surface area contributed by atoms with E-state index in [0.717, 1.165) is 18.9 Å². The van der Waals surface area contributed by atoms with Crippen molar-refractivity contribution in [2.45, 2.75) is 26.2 Å². The summed E-state index contributed by atoms with van der Waals surface area (Å²) < 4.78 is 0. The highest BCUT2D eigenvalue weighted by Gasteiger charge is 2.11. The maximum absolute atomic E-state index is 10.5. The molecule has 80 valence electrons. The molecule has 0 saturated carbocycles. The number of rotatable bonds is 5. The number of hydrogen-bond donors (Lipinski definition) is 0. The summed E-state index contributed by atoms with van der Waals surface area (Å²) in [5.41, 5.74) is 0.409. The van der Waals surface area contributed by atoms with E-state index in [-0.39, 0.29) is 11.5 Å². The van der Waals surface area contributed by atoms with Crippen LogP contribution in [0.2, 0.25) is 0 Å². The average Bonchev–Trinajstić information content (AvgIpc) is 2.25. The van der Waals surface area contributed by atoms with Gasteiger partial charge in [-0.1, -0.05) is 13.3 Å². The number of unbranched alkanes of at least 4 members (excludes halogenated alkanes) is 1. The van der Waals surface area contributed by atoms with Gasteiger partial charge < -0.3 is 0 Å². The minimum Gasteiger partial charge on any atom is -0.258 e. The van der Waals surface area contributed by atoms with Gasteiger partial charge >= 0.3 is 0 Å². The molecule has 1 rings (SSSR count). The highest BCUT2D eigenvalue weighted by atomic mass is 16.6. The molecule has 0 aromatic carbocycles. The van der Waals surface area contributed by atoms with Gasteiger partial charge in [0.05, 0.1) is 11.0 Å². The smallest absolute Gasteiger partial charge is 0.258 e. The lowest BCUT2D eigenvalue weighted by Gasteiger charge is -1.99. The fourth-order valence-corrected chi connectivity index (χ4v) is 1.19. The lowest BCUT2D eigenvalue weighted by Crippen LogP contribution is -1.94. The van der Waals surface area contributed by atoms with Crippen molar-refractivity contribution in [1.29, 1.82) is 0 Å². The molecular weight excluding hydrogens is 198 g/mol. The predicted octanol–water partition coefficient (Wildman–Crippen LogP) is 2.73. The first-order valence-electron chi connectivity index (χ1n) is 4.66. The number of hydrogen-bond acceptors (Lipinski definition) is 5. The van der Waals surface area contributed by atoms with Crippen LogP contribution in [0.3, 0.4) is 0 Å². The third-order valence-corrected chi connectivity index (χ3v) is 1.94. The van der Waals surface area contributed by atoms with Gasteiger partial charge in [0.25, 0.3) is 5.69 Å². The normalized spacial score (nSPS) is 9.93. The van der Waals surface area contributed by atoms with Gasteiger partial charge in [-0.3, -0.25) is 10.1 Å². The molecule has 0 N–H and O–H groups in total. The highest BCUT2D eigenvalue weighted by Crippen LogP contribution is 2.20. The third-order valence-electron chi connectivity index (χ3n) is 1.94. The maximum atomic E-state index is 10.5. The number of nitro groups is 1. The summed E-state index contributed by atoms with van der Waals surface area (Å²) in [7, 11) is 0. The molecule has 0 atom stereocenters. The lowest BCUT2D eigenvalue weighted by molar-refractivity contribution is -0.384. The van der Waals surface area contributed by atoms with E-state index in [0.29, 0.717) is 12.1 Å². The van der Waals surface area contributed by atoms with E-state index in [1.54, 1.807) is 0 Å². The van der Waals surface area contributed by atoms with Crippen LogP contribution in [0, 0.1) is 15.0 Å². The van der Waals surface area contributed by atoms with Crippen LogP contribution in [0.15, 0.2) is 17.3 Å². The molecule has 0 aliphatic heterocycles. The van der Waals surface area contributed by atoms with Crippen molar-refractivity contribution in [3.63, 3.8) is 0 Å². The maximum Gasteiger partial charge on any atom is 0.275 e. The summed E-state index contributed by atoms with van der Waals surface area (Å²) >= 11 is 0. The molecule has 0 aliphatic carbocycles. The number of pyridine rings is 1. The molecule has 1 heterocycles. The van der Waals surface area contributed by atoms with E-state index in [1.807, 2.05) is 6.92 Å². The van der Waals surface area contributed by atoms with Crippen molar-refractivity contribution >= 4 is 11.5 Å². The first-order chi connectivity index (χ1) is 7.17. The van der Waals surface area contributed by atoms with Gasteiger partial charge in [-0.25, -0.2) is 4.98 Å². The van der Waals surface area contributed by atoms with Crippen LogP contribution in [0.25, 0.3) is 0 Å². The zero-order valence-corrected chi connectivity index (χ0v) is 8.34. The first kappa shape index (κ1) is 11.2. The molecular formula is C9H11N3O3. The zero-order valence-electron chi connectivity index (χ0n) is 8.34. The van der Waals surface area contributed by atoms with E-state index in [1.165, 1.54) is 6.07 Å². The van der Waals surface area contributed by atoms with Crippen molar-refractivity contribution in [3.05, 3.63) is 32.8 Å². The molecule has 0 unspecified atom stereocenters. The van der Waals surface area contributed by atoms with E-state index in [4.69, 9.17) is 0 Å². The van der Waals surface area contributed by atoms with Crippen LogP contribution in [-0.4, -0.2) is 9.91 Å². The second kappa shape index (κ2) is 5.14. The number of nitroso groups, excluding NO2 is 1. The summed E-state index contributed by atoms with van der Waals surface area (Å²) in [4.78, 5) is 24.1. The standard InChI is InChI=1S/C9H11N3O3/c1-2-3-4-7-5-8(12(14)15)6-9(10-7)11-13/h5-6H,2-4H2,1H3. The summed E-state index contributed by atoms with van der Waals surface area (Å²) in [6.07, 6.45) is 2.47. The molecule has 6 heteroatoms. The number of aryl methyl sites for hydroxylation is 1. The number of aromatic nitrogens is 1. The molecule has 1 aromatic heterocycles. The van der Waals surface area contributed by atoms with Gasteiger partial charge in [-0.15, -0.1) is 4.91 Å². The Hall–Kier alpha value is -1.85. The van der Waals surface area contributed by atoms with Crippen molar-refractivity contribution < 1.29 is 4.92 Å². The second-order valence-corrected chi connectivity index (χ2v) is 3.13. The predicted molar refractivity (Wildman–Crippen MR) is 55.0 cm³/mol. The topological polar surface area (TPSA) is 85.5 Å². The van der Waals surface area contributed by atoms with E-state index in [2.05, 4.69) is 10.2 Å². The molecule has 0 bridgehead atoms. The molecule has 0 spiro atoms. The minimum absolute atomic E-state index is 0.129. The Kier molecular flexibility index (Phi) is 3.84. The van der Waals surface area contributed by atoms with Gasteiger partial charge in [0.1, 0.15) is 0 Å². The van der Waals surface area contributed by atoms with Gasteiger partial charge in [-0.05, 0) is 18.0 Å². The van der Waals surface area contributed by atoms with E-state index < -0.39 is 4.92 Å². The zero-order chi connectivity index (χ0) is 11.3. The summed E-state index contributed by atoms with van der Waals surface area (Å²) in [6, 6.07) is 2.45. The molecule has 0 aliphatic rings. The highest BCUT2D eigenvalue weighted by molar-refractivity contribution is 5.42. The van der Waals surface area contributed by atoms with Gasteiger partial charge in [0.15, 0.2) is 0 Å². The summed E-state index contributed by atoms with van der Waals surface area (Å²) in [5, 5.41) is 13.1. The lowest BCUT2D eigenvalue weighted by atomic mass is 10.2. The molecule has 1 aromatic rings. The molecule has 0 radical (unpaired) electrons. The van der Waals surface area contributed by atoms with Crippen LogP contribution < -0.4 is 0 Å². The second-order valence-electron chi connectivity index (χ2n) is 3.13. The van der Waals surface area contributed by atoms with Crippen molar-refractivity contribution in [2.24, 2.45) is 5.18 Å². The Bertz CT molecular complexity index is 379. The fraction of sp³-hybridized carbons (Fsp3) is 0.444. The Labute approximate surface area is 86.5 Å². The van der Waals surface area contributed by atoms with Crippen LogP contribution >= 0.6 is 0 Å². The fourth-order valence-electron chi connectivity index (χ4n) is 1.19. The average molecular weight is 209 g/mol. The summed E-state index contributed by atoms with van der Waals surface area (Å²) in [5.74, 6) is -0.129. The molecule has 0 fully saturated rings. The largest absolute Gasteiger partial charge is 0.275 e. The van der Waals surface area contributed by atoms with Crippen LogP contribution in [0.1, 0.15) is 25.5 Å². The van der Waals surface area contributed by atoms with Crippen molar-refractivity contribution in [3.8, 4) is 0 Å². The van der Waals surface area contributed by atoms with Crippen LogP contribution in [0.4, 0.5) is 11.5 Å². The van der Waals surface area contributed by atoms with Gasteiger partial charge in [0.2, 0.25) is 5.82 Å². The Morgan fingerprint density at radius 1 is 1.53 bits per heavy atom. The molecule has 6 nitrogen and oxygen atoms in total. The Morgan fingerprint density at radius 2 is 2.27 bits per heavy atom. The monoisotopic (exact) mass is 209 g/mol. The molecule has 15 heavy (non-hydrogen) atoms. The van der Waals surface area contributed by atoms with E-state index in [9.17, 15) is 15.0 Å². The Morgan fingerprint density at radius 3 is 2.80 bits per heavy atom. The minimum atomic E-state index is -0.550. The van der Waals surface area contributed by atoms with Crippen molar-refractivity contribution in [2.75, 3.05) is 0 Å². The summed E-state index contributed by atoms with van der Waals surface area (Å²) in [6.45, 7) is 2.01. The van der Waals surface area contributed by atoms with E-state index >= 15 is 0 Å². The molecule has 0 amide bonds.